The number of hydrogen-bond donors (Lipinski definition) is 0. The highest BCUT2D eigenvalue weighted by molar-refractivity contribution is 5.98. The number of nitrogens with zero attached hydrogens (tertiary/aromatic N) is 1. The van der Waals surface area contributed by atoms with Crippen molar-refractivity contribution in [1.82, 2.24) is 4.90 Å². The Morgan fingerprint density at radius 3 is 2.43 bits per heavy atom. The number of carbonyl (C=O) groups is 2. The summed E-state index contributed by atoms with van der Waals surface area (Å²) in [5, 5.41) is 0. The van der Waals surface area contributed by atoms with Gasteiger partial charge >= 0.3 is 5.97 Å². The largest absolute Gasteiger partial charge is 0.493 e. The number of hydrogen-bond acceptors (Lipinski definition) is 4. The predicted molar refractivity (Wildman–Crippen MR) is 80.4 cm³/mol. The lowest BCUT2D eigenvalue weighted by Gasteiger charge is -2.22. The van der Waals surface area contributed by atoms with Gasteiger partial charge in [-0.05, 0) is 32.4 Å². The summed E-state index contributed by atoms with van der Waals surface area (Å²) in [6.07, 6.45) is 0.766. The van der Waals surface area contributed by atoms with Crippen LogP contribution in [0.15, 0.2) is 24.3 Å². The highest BCUT2D eigenvalue weighted by Crippen LogP contribution is 2.20. The maximum atomic E-state index is 12.6. The van der Waals surface area contributed by atoms with E-state index in [2.05, 4.69) is 0 Å². The van der Waals surface area contributed by atoms with Crippen LogP contribution in [0.25, 0.3) is 0 Å². The van der Waals surface area contributed by atoms with Gasteiger partial charge in [0.05, 0.1) is 18.8 Å². The first-order valence-electron chi connectivity index (χ1n) is 7.30. The molecule has 1 aromatic carbocycles. The van der Waals surface area contributed by atoms with Crippen LogP contribution in [0.3, 0.4) is 0 Å². The van der Waals surface area contributed by atoms with Crippen molar-refractivity contribution in [3.8, 4) is 5.75 Å². The van der Waals surface area contributed by atoms with Gasteiger partial charge in [0, 0.05) is 6.54 Å². The quantitative estimate of drug-likeness (QED) is 0.691. The first-order valence-corrected chi connectivity index (χ1v) is 7.30. The second-order valence-corrected chi connectivity index (χ2v) is 4.46. The number of carbonyl (C=O) groups excluding carboxylic acids is 2. The SMILES string of the molecule is CCCN(CC(=O)OCC)C(=O)c1ccccc1OCC. The molecule has 0 saturated carbocycles. The molecule has 5 heteroatoms. The molecule has 0 atom stereocenters. The van der Waals surface area contributed by atoms with Gasteiger partial charge in [0.1, 0.15) is 12.3 Å². The van der Waals surface area contributed by atoms with Gasteiger partial charge in [-0.15, -0.1) is 0 Å². The van der Waals surface area contributed by atoms with E-state index in [0.29, 0.717) is 31.1 Å². The van der Waals surface area contributed by atoms with E-state index in [0.717, 1.165) is 6.42 Å². The molecule has 0 saturated heterocycles. The smallest absolute Gasteiger partial charge is 0.325 e. The van der Waals surface area contributed by atoms with E-state index in [-0.39, 0.29) is 12.5 Å². The van der Waals surface area contributed by atoms with Crippen molar-refractivity contribution in [1.29, 1.82) is 0 Å². The van der Waals surface area contributed by atoms with Crippen molar-refractivity contribution in [3.05, 3.63) is 29.8 Å². The summed E-state index contributed by atoms with van der Waals surface area (Å²) in [7, 11) is 0. The molecule has 0 aliphatic rings. The molecular weight excluding hydrogens is 270 g/mol. The van der Waals surface area contributed by atoms with Crippen molar-refractivity contribution in [2.24, 2.45) is 0 Å². The molecule has 0 spiro atoms. The van der Waals surface area contributed by atoms with Crippen molar-refractivity contribution >= 4 is 11.9 Å². The molecule has 21 heavy (non-hydrogen) atoms. The molecule has 1 amide bonds. The molecule has 1 aromatic rings. The molecule has 0 bridgehead atoms. The maximum Gasteiger partial charge on any atom is 0.325 e. The summed E-state index contributed by atoms with van der Waals surface area (Å²) in [6, 6.07) is 7.06. The Bertz CT molecular complexity index is 473. The Hall–Kier alpha value is -2.04. The molecule has 0 radical (unpaired) electrons. The molecule has 116 valence electrons. The standard InChI is InChI=1S/C16H23NO4/c1-4-11-17(12-15(18)21-6-3)16(19)13-9-7-8-10-14(13)20-5-2/h7-10H,4-6,11-12H2,1-3H3. The third-order valence-electron chi connectivity index (χ3n) is 2.82. The Morgan fingerprint density at radius 1 is 1.10 bits per heavy atom. The zero-order valence-electron chi connectivity index (χ0n) is 12.9. The van der Waals surface area contributed by atoms with Crippen LogP contribution in [0.2, 0.25) is 0 Å². The zero-order valence-corrected chi connectivity index (χ0v) is 12.9. The number of amides is 1. The van der Waals surface area contributed by atoms with E-state index in [4.69, 9.17) is 9.47 Å². The lowest BCUT2D eigenvalue weighted by molar-refractivity contribution is -0.143. The van der Waals surface area contributed by atoms with Crippen LogP contribution in [0, 0.1) is 0 Å². The van der Waals surface area contributed by atoms with Gasteiger partial charge in [-0.1, -0.05) is 19.1 Å². The minimum Gasteiger partial charge on any atom is -0.493 e. The van der Waals surface area contributed by atoms with E-state index in [9.17, 15) is 9.59 Å². The van der Waals surface area contributed by atoms with Gasteiger partial charge in [0.2, 0.25) is 0 Å². The van der Waals surface area contributed by atoms with Gasteiger partial charge < -0.3 is 14.4 Å². The molecule has 1 rings (SSSR count). The Morgan fingerprint density at radius 2 is 1.81 bits per heavy atom. The van der Waals surface area contributed by atoms with E-state index in [1.54, 1.807) is 25.1 Å². The Kier molecular flexibility index (Phi) is 7.29. The molecule has 0 fully saturated rings. The van der Waals surface area contributed by atoms with E-state index in [1.165, 1.54) is 4.90 Å². The second kappa shape index (κ2) is 9.00. The summed E-state index contributed by atoms with van der Waals surface area (Å²) < 4.78 is 10.4. The number of esters is 1. The fourth-order valence-electron chi connectivity index (χ4n) is 1.98. The first-order chi connectivity index (χ1) is 10.1. The number of rotatable bonds is 8. The van der Waals surface area contributed by atoms with E-state index < -0.39 is 5.97 Å². The Balaban J connectivity index is 2.92. The van der Waals surface area contributed by atoms with Crippen LogP contribution in [-0.2, 0) is 9.53 Å². The monoisotopic (exact) mass is 293 g/mol. The fourth-order valence-corrected chi connectivity index (χ4v) is 1.98. The van der Waals surface area contributed by atoms with Gasteiger partial charge in [0.15, 0.2) is 0 Å². The molecule has 0 aliphatic heterocycles. The zero-order chi connectivity index (χ0) is 15.7. The molecular formula is C16H23NO4. The third kappa shape index (κ3) is 5.10. The van der Waals surface area contributed by atoms with Crippen molar-refractivity contribution < 1.29 is 19.1 Å². The van der Waals surface area contributed by atoms with Gasteiger partial charge in [0.25, 0.3) is 5.91 Å². The second-order valence-electron chi connectivity index (χ2n) is 4.46. The predicted octanol–water partition coefficient (Wildman–Crippen LogP) is 2.50. The molecule has 5 nitrogen and oxygen atoms in total. The molecule has 0 N–H and O–H groups in total. The molecule has 0 unspecified atom stereocenters. The fraction of sp³-hybridized carbons (Fsp3) is 0.500. The van der Waals surface area contributed by atoms with Crippen molar-refractivity contribution in [2.75, 3.05) is 26.3 Å². The molecule has 0 aliphatic carbocycles. The Labute approximate surface area is 125 Å². The van der Waals surface area contributed by atoms with Crippen LogP contribution in [-0.4, -0.2) is 43.1 Å². The van der Waals surface area contributed by atoms with Crippen LogP contribution in [0.1, 0.15) is 37.6 Å². The van der Waals surface area contributed by atoms with Crippen molar-refractivity contribution in [2.45, 2.75) is 27.2 Å². The highest BCUT2D eigenvalue weighted by Gasteiger charge is 2.21. The third-order valence-corrected chi connectivity index (χ3v) is 2.82. The number of para-hydroxylation sites is 1. The van der Waals surface area contributed by atoms with Crippen LogP contribution >= 0.6 is 0 Å². The van der Waals surface area contributed by atoms with Crippen LogP contribution in [0.5, 0.6) is 5.75 Å². The minimum atomic E-state index is -0.395. The summed E-state index contributed by atoms with van der Waals surface area (Å²) in [4.78, 5) is 25.7. The van der Waals surface area contributed by atoms with Gasteiger partial charge in [-0.3, -0.25) is 9.59 Å². The molecule has 0 heterocycles. The van der Waals surface area contributed by atoms with Crippen molar-refractivity contribution in [3.63, 3.8) is 0 Å². The average molecular weight is 293 g/mol. The summed E-state index contributed by atoms with van der Waals surface area (Å²) in [5.74, 6) is -0.0721. The lowest BCUT2D eigenvalue weighted by atomic mass is 10.1. The average Bonchev–Trinajstić information content (AvgIpc) is 2.47. The normalized spacial score (nSPS) is 10.0. The first kappa shape index (κ1) is 17.0. The summed E-state index contributed by atoms with van der Waals surface area (Å²) in [6.45, 7) is 6.81. The minimum absolute atomic E-state index is 0.0407. The van der Waals surface area contributed by atoms with E-state index in [1.807, 2.05) is 19.9 Å². The van der Waals surface area contributed by atoms with Crippen LogP contribution < -0.4 is 4.74 Å². The highest BCUT2D eigenvalue weighted by atomic mass is 16.5. The van der Waals surface area contributed by atoms with Gasteiger partial charge in [-0.25, -0.2) is 0 Å². The number of ether oxygens (including phenoxy) is 2. The van der Waals surface area contributed by atoms with Gasteiger partial charge in [-0.2, -0.15) is 0 Å². The topological polar surface area (TPSA) is 55.8 Å². The summed E-state index contributed by atoms with van der Waals surface area (Å²) in [5.41, 5.74) is 0.470. The van der Waals surface area contributed by atoms with E-state index >= 15 is 0 Å². The maximum absolute atomic E-state index is 12.6. The molecule has 0 aromatic heterocycles. The summed E-state index contributed by atoms with van der Waals surface area (Å²) >= 11 is 0. The van der Waals surface area contributed by atoms with Crippen LogP contribution in [0.4, 0.5) is 0 Å². The number of benzene rings is 1. The lowest BCUT2D eigenvalue weighted by Crippen LogP contribution is -2.37.